The molecule has 1 aliphatic heterocycles. The van der Waals surface area contributed by atoms with Gasteiger partial charge < -0.3 is 23.6 Å². The molecule has 6 aromatic rings. The number of aromatic nitrogens is 2. The van der Waals surface area contributed by atoms with Crippen molar-refractivity contribution in [1.29, 1.82) is 0 Å². The molecule has 0 aliphatic carbocycles. The van der Waals surface area contributed by atoms with Gasteiger partial charge >= 0.3 is 0 Å². The van der Waals surface area contributed by atoms with Crippen molar-refractivity contribution in [2.24, 2.45) is 5.41 Å². The van der Waals surface area contributed by atoms with Crippen LogP contribution in [0, 0.1) is 5.41 Å². The van der Waals surface area contributed by atoms with Gasteiger partial charge in [0.1, 0.15) is 28.3 Å². The highest BCUT2D eigenvalue weighted by atomic mass is 16.5. The molecule has 232 valence electrons. The van der Waals surface area contributed by atoms with Crippen LogP contribution in [0.1, 0.15) is 67.4 Å². The molecule has 3 heterocycles. The fourth-order valence-corrected chi connectivity index (χ4v) is 5.14. The SMILES string of the molecule is CC.CCC(C)(C)c1ccc2oc(-c3ccc(-c4nc5cc(Oc6ccc7c(c6)NC(C(C)(C)C)O7)ccc5o4)cc3)nc2c1. The molecule has 0 fully saturated rings. The van der Waals surface area contributed by atoms with Gasteiger partial charge in [0.25, 0.3) is 0 Å². The maximum absolute atomic E-state index is 6.17. The van der Waals surface area contributed by atoms with Crippen LogP contribution in [0.3, 0.4) is 0 Å². The van der Waals surface area contributed by atoms with Gasteiger partial charge in [-0.05, 0) is 78.1 Å². The zero-order valence-corrected chi connectivity index (χ0v) is 27.3. The summed E-state index contributed by atoms with van der Waals surface area (Å²) in [5.41, 5.74) is 7.06. The van der Waals surface area contributed by atoms with Crippen LogP contribution >= 0.6 is 0 Å². The van der Waals surface area contributed by atoms with Crippen molar-refractivity contribution in [2.75, 3.05) is 5.32 Å². The van der Waals surface area contributed by atoms with E-state index in [4.69, 9.17) is 28.3 Å². The van der Waals surface area contributed by atoms with Crippen LogP contribution in [0.15, 0.2) is 87.7 Å². The molecule has 1 unspecified atom stereocenters. The molecule has 1 atom stereocenters. The number of rotatable bonds is 6. The quantitative estimate of drug-likeness (QED) is 0.203. The van der Waals surface area contributed by atoms with Crippen molar-refractivity contribution in [3.05, 3.63) is 84.4 Å². The van der Waals surface area contributed by atoms with Crippen molar-refractivity contribution in [2.45, 2.75) is 73.5 Å². The molecule has 0 saturated heterocycles. The van der Waals surface area contributed by atoms with Crippen molar-refractivity contribution in [3.63, 3.8) is 0 Å². The first-order valence-corrected chi connectivity index (χ1v) is 15.7. The Morgan fingerprint density at radius 2 is 1.27 bits per heavy atom. The Kier molecular flexibility index (Phi) is 7.81. The molecule has 1 N–H and O–H groups in total. The van der Waals surface area contributed by atoms with Gasteiger partial charge in [-0.2, -0.15) is 0 Å². The van der Waals surface area contributed by atoms with E-state index in [0.717, 1.165) is 45.6 Å². The smallest absolute Gasteiger partial charge is 0.227 e. The third-order valence-corrected chi connectivity index (χ3v) is 8.30. The summed E-state index contributed by atoms with van der Waals surface area (Å²) >= 11 is 0. The first-order valence-electron chi connectivity index (χ1n) is 15.7. The van der Waals surface area contributed by atoms with E-state index in [-0.39, 0.29) is 17.1 Å². The van der Waals surface area contributed by atoms with Gasteiger partial charge in [-0.15, -0.1) is 0 Å². The molecular weight excluding hydrogens is 562 g/mol. The summed E-state index contributed by atoms with van der Waals surface area (Å²) in [5, 5.41) is 3.44. The topological polar surface area (TPSA) is 82.6 Å². The molecule has 45 heavy (non-hydrogen) atoms. The summed E-state index contributed by atoms with van der Waals surface area (Å²) in [6.07, 6.45) is 0.966. The van der Waals surface area contributed by atoms with Crippen LogP contribution in [-0.2, 0) is 5.41 Å². The van der Waals surface area contributed by atoms with Crippen molar-refractivity contribution < 1.29 is 18.3 Å². The highest BCUT2D eigenvalue weighted by Gasteiger charge is 2.32. The number of fused-ring (bicyclic) bond motifs is 3. The van der Waals surface area contributed by atoms with Crippen LogP contribution in [-0.4, -0.2) is 16.2 Å². The zero-order chi connectivity index (χ0) is 31.9. The van der Waals surface area contributed by atoms with Gasteiger partial charge in [-0.25, -0.2) is 9.97 Å². The third-order valence-electron chi connectivity index (χ3n) is 8.30. The molecule has 0 radical (unpaired) electrons. The van der Waals surface area contributed by atoms with Gasteiger partial charge in [0.2, 0.25) is 11.8 Å². The number of ether oxygens (including phenoxy) is 2. The molecule has 0 amide bonds. The standard InChI is InChI=1S/C36H35N3O4.C2H6/c1-7-36(5,6)23-12-15-29-26(18-23)37-32(41-29)21-8-10-22(11-9-21)33-38-27-19-24(13-16-30(27)42-33)40-25-14-17-31-28(20-25)39-34(43-31)35(2,3)4;1-2/h8-20,34,39H,7H2,1-6H3;1-2H3. The second kappa shape index (κ2) is 11.6. The van der Waals surface area contributed by atoms with Gasteiger partial charge in [0, 0.05) is 28.7 Å². The number of nitrogens with one attached hydrogen (secondary N) is 1. The normalized spacial score (nSPS) is 14.4. The maximum Gasteiger partial charge on any atom is 0.227 e. The minimum atomic E-state index is -0.0851. The summed E-state index contributed by atoms with van der Waals surface area (Å²) in [6, 6.07) is 25.7. The summed E-state index contributed by atoms with van der Waals surface area (Å²) in [7, 11) is 0. The van der Waals surface area contributed by atoms with E-state index in [1.165, 1.54) is 5.56 Å². The average Bonchev–Trinajstić information content (AvgIpc) is 3.78. The van der Waals surface area contributed by atoms with Gasteiger partial charge in [-0.3, -0.25) is 0 Å². The van der Waals surface area contributed by atoms with E-state index in [1.54, 1.807) is 0 Å². The van der Waals surface area contributed by atoms with Gasteiger partial charge in [0.05, 0.1) is 5.69 Å². The molecule has 0 spiro atoms. The van der Waals surface area contributed by atoms with Crippen LogP contribution in [0.5, 0.6) is 17.2 Å². The summed E-state index contributed by atoms with van der Waals surface area (Å²) < 4.78 is 24.4. The minimum Gasteiger partial charge on any atom is -0.468 e. The number of nitrogens with zero attached hydrogens (tertiary/aromatic N) is 2. The molecular formula is C38H41N3O4. The Morgan fingerprint density at radius 3 is 1.87 bits per heavy atom. The lowest BCUT2D eigenvalue weighted by molar-refractivity contribution is 0.127. The third kappa shape index (κ3) is 5.99. The highest BCUT2D eigenvalue weighted by Crippen LogP contribution is 2.41. The van der Waals surface area contributed by atoms with Crippen LogP contribution in [0.4, 0.5) is 5.69 Å². The lowest BCUT2D eigenvalue weighted by Crippen LogP contribution is -2.35. The molecule has 2 aromatic heterocycles. The second-order valence-corrected chi connectivity index (χ2v) is 12.9. The molecule has 4 aromatic carbocycles. The number of oxazole rings is 2. The maximum atomic E-state index is 6.17. The molecule has 7 rings (SSSR count). The molecule has 1 aliphatic rings. The van der Waals surface area contributed by atoms with Crippen molar-refractivity contribution >= 4 is 27.9 Å². The molecule has 0 saturated carbocycles. The van der Waals surface area contributed by atoms with Crippen LogP contribution in [0.25, 0.3) is 45.1 Å². The Balaban J connectivity index is 0.00000175. The number of hydrogen-bond donors (Lipinski definition) is 1. The number of benzene rings is 4. The van der Waals surface area contributed by atoms with Crippen molar-refractivity contribution in [3.8, 4) is 40.2 Å². The summed E-state index contributed by atoms with van der Waals surface area (Å²) in [5.74, 6) is 3.35. The Labute approximate surface area is 264 Å². The van der Waals surface area contributed by atoms with E-state index in [9.17, 15) is 0 Å². The average molecular weight is 604 g/mol. The van der Waals surface area contributed by atoms with E-state index in [1.807, 2.05) is 80.6 Å². The zero-order valence-electron chi connectivity index (χ0n) is 27.3. The van der Waals surface area contributed by atoms with E-state index in [0.29, 0.717) is 28.9 Å². The first-order chi connectivity index (χ1) is 21.6. The number of hydrogen-bond acceptors (Lipinski definition) is 7. The predicted molar refractivity (Wildman–Crippen MR) is 181 cm³/mol. The first kappa shape index (κ1) is 30.3. The molecule has 0 bridgehead atoms. The van der Waals surface area contributed by atoms with E-state index < -0.39 is 0 Å². The lowest BCUT2D eigenvalue weighted by Gasteiger charge is -2.26. The Morgan fingerprint density at radius 1 is 0.711 bits per heavy atom. The summed E-state index contributed by atoms with van der Waals surface area (Å²) in [6.45, 7) is 17.1. The monoisotopic (exact) mass is 603 g/mol. The highest BCUT2D eigenvalue weighted by molar-refractivity contribution is 5.79. The fourth-order valence-electron chi connectivity index (χ4n) is 5.14. The van der Waals surface area contributed by atoms with E-state index >= 15 is 0 Å². The van der Waals surface area contributed by atoms with Crippen LogP contribution in [0.2, 0.25) is 0 Å². The minimum absolute atomic E-state index is 0.0313. The second-order valence-electron chi connectivity index (χ2n) is 12.9. The van der Waals surface area contributed by atoms with Crippen molar-refractivity contribution in [1.82, 2.24) is 9.97 Å². The van der Waals surface area contributed by atoms with Crippen LogP contribution < -0.4 is 14.8 Å². The molecule has 7 heteroatoms. The van der Waals surface area contributed by atoms with Gasteiger partial charge in [-0.1, -0.05) is 61.5 Å². The summed E-state index contributed by atoms with van der Waals surface area (Å²) in [4.78, 5) is 9.52. The number of anilines is 1. The predicted octanol–water partition coefficient (Wildman–Crippen LogP) is 11.0. The van der Waals surface area contributed by atoms with E-state index in [2.05, 4.69) is 59.0 Å². The largest absolute Gasteiger partial charge is 0.468 e. The Hall–Kier alpha value is -4.78. The Bertz CT molecular complexity index is 1960. The van der Waals surface area contributed by atoms with Gasteiger partial charge in [0.15, 0.2) is 17.4 Å². The fraction of sp³-hybridized carbons (Fsp3) is 0.316. The lowest BCUT2D eigenvalue weighted by atomic mass is 9.82. The molecule has 7 nitrogen and oxygen atoms in total.